The predicted octanol–water partition coefficient (Wildman–Crippen LogP) is 1.05. The highest BCUT2D eigenvalue weighted by molar-refractivity contribution is 7.89. The van der Waals surface area contributed by atoms with E-state index in [1.165, 1.54) is 12.1 Å². The van der Waals surface area contributed by atoms with E-state index >= 15 is 0 Å². The Morgan fingerprint density at radius 1 is 1.10 bits per heavy atom. The number of aromatic amines is 1. The number of benzene rings is 2. The van der Waals surface area contributed by atoms with Crippen molar-refractivity contribution in [3.05, 3.63) is 68.0 Å². The number of primary sulfonamides is 1. The molecule has 0 fully saturated rings. The second-order valence-corrected chi connectivity index (χ2v) is 8.47. The number of hydrogen-bond donors (Lipinski definition) is 5. The summed E-state index contributed by atoms with van der Waals surface area (Å²) in [6, 6.07) is 9.54. The zero-order chi connectivity index (χ0) is 21.6. The molecule has 7 N–H and O–H groups in total. The quantitative estimate of drug-likeness (QED) is 0.284. The van der Waals surface area contributed by atoms with Gasteiger partial charge in [-0.25, -0.2) is 13.6 Å². The predicted molar refractivity (Wildman–Crippen MR) is 115 cm³/mol. The first kappa shape index (κ1) is 19.6. The van der Waals surface area contributed by atoms with Crippen molar-refractivity contribution in [2.24, 2.45) is 5.14 Å². The van der Waals surface area contributed by atoms with Crippen molar-refractivity contribution >= 4 is 43.8 Å². The van der Waals surface area contributed by atoms with E-state index in [2.05, 4.69) is 20.8 Å². The molecule has 0 bridgehead atoms. The van der Waals surface area contributed by atoms with Gasteiger partial charge in [0.15, 0.2) is 5.82 Å². The third-order valence-corrected chi connectivity index (χ3v) is 5.69. The molecule has 4 aromatic rings. The normalized spacial score (nSPS) is 11.8. The van der Waals surface area contributed by atoms with Gasteiger partial charge < -0.3 is 16.4 Å². The van der Waals surface area contributed by atoms with Gasteiger partial charge in [-0.1, -0.05) is 12.1 Å². The summed E-state index contributed by atoms with van der Waals surface area (Å²) in [5.74, 6) is 0.329. The minimum absolute atomic E-state index is 0.0355. The van der Waals surface area contributed by atoms with Crippen LogP contribution in [0.5, 0.6) is 0 Å². The number of aryl methyl sites for hydroxylation is 1. The molecule has 30 heavy (non-hydrogen) atoms. The largest absolute Gasteiger partial charge is 0.382 e. The molecule has 1 aromatic heterocycles. The molecule has 0 spiro atoms. The Balaban J connectivity index is 1.59. The Bertz CT molecular complexity index is 1460. The van der Waals surface area contributed by atoms with Crippen molar-refractivity contribution in [1.82, 2.24) is 10.2 Å². The van der Waals surface area contributed by atoms with E-state index in [9.17, 15) is 18.0 Å². The van der Waals surface area contributed by atoms with Crippen LogP contribution in [0.2, 0.25) is 0 Å². The van der Waals surface area contributed by atoms with Crippen LogP contribution in [-0.2, 0) is 16.6 Å². The van der Waals surface area contributed by atoms with Gasteiger partial charge in [0.2, 0.25) is 10.0 Å². The van der Waals surface area contributed by atoms with Crippen molar-refractivity contribution in [3.63, 3.8) is 0 Å². The highest BCUT2D eigenvalue weighted by Crippen LogP contribution is 2.29. The highest BCUT2D eigenvalue weighted by atomic mass is 32.2. The Hall–Kier alpha value is -3.70. The number of nitrogens with zero attached hydrogens (tertiary/aromatic N) is 1. The van der Waals surface area contributed by atoms with Gasteiger partial charge >= 0.3 is 0 Å². The molecule has 10 nitrogen and oxygen atoms in total. The number of nitrogens with two attached hydrogens (primary N) is 2. The third kappa shape index (κ3) is 3.40. The second-order valence-electron chi connectivity index (χ2n) is 6.90. The molecule has 0 aliphatic carbocycles. The average molecular weight is 426 g/mol. The molecule has 0 amide bonds. The van der Waals surface area contributed by atoms with Crippen LogP contribution in [0, 0.1) is 6.92 Å². The van der Waals surface area contributed by atoms with E-state index < -0.39 is 20.9 Å². The number of hydrogen-bond acceptors (Lipinski definition) is 8. The fourth-order valence-electron chi connectivity index (χ4n) is 3.23. The zero-order valence-electron chi connectivity index (χ0n) is 15.8. The van der Waals surface area contributed by atoms with Crippen LogP contribution >= 0.6 is 0 Å². The number of nitrogens with one attached hydrogen (secondary N) is 3. The maximum Gasteiger partial charge on any atom is 0.253 e. The molecule has 3 aromatic carbocycles. The Kier molecular flexibility index (Phi) is 4.56. The van der Waals surface area contributed by atoms with E-state index in [0.29, 0.717) is 22.5 Å². The molecule has 0 aliphatic rings. The van der Waals surface area contributed by atoms with Gasteiger partial charge in [0.05, 0.1) is 10.4 Å². The van der Waals surface area contributed by atoms with E-state index in [0.717, 1.165) is 11.1 Å². The molecule has 154 valence electrons. The monoisotopic (exact) mass is 426 g/mol. The smallest absolute Gasteiger partial charge is 0.253 e. The fourth-order valence-corrected chi connectivity index (χ4v) is 3.82. The molecule has 0 unspecified atom stereocenters. The first-order valence-corrected chi connectivity index (χ1v) is 10.4. The maximum atomic E-state index is 12.1. The van der Waals surface area contributed by atoms with Crippen LogP contribution in [0.25, 0.3) is 10.9 Å². The van der Waals surface area contributed by atoms with Crippen molar-refractivity contribution < 1.29 is 8.42 Å². The number of sulfonamides is 1. The molecule has 0 atom stereocenters. The molecule has 0 saturated carbocycles. The van der Waals surface area contributed by atoms with Crippen LogP contribution < -0.4 is 32.4 Å². The minimum atomic E-state index is -3.84. The fraction of sp³-hybridized carbons (Fsp3) is 0.105. The molecule has 4 rings (SSSR count). The molecule has 1 heterocycles. The molecular formula is C19H18N6O4S. The lowest BCUT2D eigenvalue weighted by Gasteiger charge is -2.16. The van der Waals surface area contributed by atoms with Crippen LogP contribution in [0.3, 0.4) is 0 Å². The summed E-state index contributed by atoms with van der Waals surface area (Å²) in [6.07, 6.45) is 0. The van der Waals surface area contributed by atoms with Gasteiger partial charge in [-0.3, -0.25) is 14.7 Å². The van der Waals surface area contributed by atoms with Gasteiger partial charge in [0.1, 0.15) is 11.4 Å². The number of aromatic nitrogens is 2. The number of rotatable bonds is 6. The summed E-state index contributed by atoms with van der Waals surface area (Å²) in [7, 11) is -3.84. The summed E-state index contributed by atoms with van der Waals surface area (Å²) < 4.78 is 23.0. The van der Waals surface area contributed by atoms with Crippen molar-refractivity contribution in [2.45, 2.75) is 18.4 Å². The van der Waals surface area contributed by atoms with Crippen LogP contribution in [0.15, 0.2) is 50.9 Å². The summed E-state index contributed by atoms with van der Waals surface area (Å²) >= 11 is 0. The first-order valence-electron chi connectivity index (χ1n) is 8.85. The van der Waals surface area contributed by atoms with Crippen LogP contribution in [-0.4, -0.2) is 18.6 Å². The summed E-state index contributed by atoms with van der Waals surface area (Å²) in [5.41, 5.74) is 7.64. The molecule has 11 heteroatoms. The van der Waals surface area contributed by atoms with E-state index in [4.69, 9.17) is 10.9 Å². The molecule has 0 aliphatic heterocycles. The van der Waals surface area contributed by atoms with Crippen LogP contribution in [0.4, 0.5) is 22.9 Å². The number of nitrogen functional groups attached to an aromatic ring is 1. The average Bonchev–Trinajstić information content (AvgIpc) is 3.08. The van der Waals surface area contributed by atoms with Gasteiger partial charge in [0.25, 0.3) is 10.9 Å². The lowest BCUT2D eigenvalue weighted by atomic mass is 10.1. The Morgan fingerprint density at radius 2 is 1.83 bits per heavy atom. The molecule has 0 saturated heterocycles. The first-order chi connectivity index (χ1) is 14.1. The standard InChI is InChI=1S/C19H18N6O4S/c1-9-5-11(7-13-14(9)24-25-19(13)20)23-16-15(17(26)18(16)27)22-8-10-3-2-4-12(6-10)30(21,28)29/h2-7,22-23H,8H2,1H3,(H3,20,24,25)(H2,21,28,29). The number of fused-ring (bicyclic) bond motifs is 1. The lowest BCUT2D eigenvalue weighted by Crippen LogP contribution is -2.36. The summed E-state index contributed by atoms with van der Waals surface area (Å²) in [6.45, 7) is 2.00. The number of H-pyrrole nitrogens is 1. The number of anilines is 4. The summed E-state index contributed by atoms with van der Waals surface area (Å²) in [5, 5.41) is 18.5. The highest BCUT2D eigenvalue weighted by Gasteiger charge is 2.21. The second kappa shape index (κ2) is 6.97. The van der Waals surface area contributed by atoms with Gasteiger partial charge in [0, 0.05) is 17.6 Å². The van der Waals surface area contributed by atoms with Crippen LogP contribution in [0.1, 0.15) is 11.1 Å². The van der Waals surface area contributed by atoms with Gasteiger partial charge in [-0.2, -0.15) is 5.10 Å². The maximum absolute atomic E-state index is 12.1. The summed E-state index contributed by atoms with van der Waals surface area (Å²) in [4.78, 5) is 24.1. The zero-order valence-corrected chi connectivity index (χ0v) is 16.6. The minimum Gasteiger partial charge on any atom is -0.382 e. The SMILES string of the molecule is Cc1cc(Nc2c(NCc3cccc(S(N)(=O)=O)c3)c(=O)c2=O)cc2c(N)n[nH]c12. The molecule has 0 radical (unpaired) electrons. The van der Waals surface area contributed by atoms with Gasteiger partial charge in [-0.15, -0.1) is 0 Å². The third-order valence-electron chi connectivity index (χ3n) is 4.78. The van der Waals surface area contributed by atoms with Crippen molar-refractivity contribution in [1.29, 1.82) is 0 Å². The lowest BCUT2D eigenvalue weighted by molar-refractivity contribution is 0.597. The van der Waals surface area contributed by atoms with Gasteiger partial charge in [-0.05, 0) is 42.3 Å². The van der Waals surface area contributed by atoms with E-state index in [1.54, 1.807) is 24.3 Å². The molecular weight excluding hydrogens is 408 g/mol. The Morgan fingerprint density at radius 3 is 2.57 bits per heavy atom. The van der Waals surface area contributed by atoms with E-state index in [1.807, 2.05) is 6.92 Å². The Labute approximate surface area is 170 Å². The van der Waals surface area contributed by atoms with E-state index in [-0.39, 0.29) is 22.8 Å². The van der Waals surface area contributed by atoms with Crippen molar-refractivity contribution in [2.75, 3.05) is 16.4 Å². The van der Waals surface area contributed by atoms with Crippen molar-refractivity contribution in [3.8, 4) is 0 Å². The topological polar surface area (TPSA) is 173 Å².